The van der Waals surface area contributed by atoms with Crippen LogP contribution >= 0.6 is 0 Å². The molecule has 0 saturated carbocycles. The Balaban J connectivity index is 2.28. The number of benzene rings is 2. The molecule has 0 unspecified atom stereocenters. The minimum absolute atomic E-state index is 0.176. The van der Waals surface area contributed by atoms with E-state index in [0.717, 1.165) is 11.1 Å². The fourth-order valence-corrected chi connectivity index (χ4v) is 1.54. The molecular weight excluding hydrogens is 224 g/mol. The van der Waals surface area contributed by atoms with E-state index in [1.807, 2.05) is 60.7 Å². The number of hydrogen-bond donors (Lipinski definition) is 0. The lowest BCUT2D eigenvalue weighted by molar-refractivity contribution is 0.0510. The lowest BCUT2D eigenvalue weighted by Gasteiger charge is -2.07. The van der Waals surface area contributed by atoms with Crippen molar-refractivity contribution in [2.24, 2.45) is 0 Å². The molecule has 0 atom stereocenters. The molecule has 18 heavy (non-hydrogen) atoms. The lowest BCUT2D eigenvalue weighted by atomic mass is 10.1. The third kappa shape index (κ3) is 3.47. The molecule has 0 spiro atoms. The van der Waals surface area contributed by atoms with Gasteiger partial charge in [0.1, 0.15) is 5.75 Å². The molecule has 0 heterocycles. The summed E-state index contributed by atoms with van der Waals surface area (Å²) in [6.45, 7) is 0.176. The average molecular weight is 241 g/mol. The van der Waals surface area contributed by atoms with Gasteiger partial charge < -0.3 is 9.47 Å². The van der Waals surface area contributed by atoms with Gasteiger partial charge in [0.05, 0.1) is 1.37 Å². The van der Waals surface area contributed by atoms with E-state index in [9.17, 15) is 0 Å². The Morgan fingerprint density at radius 2 is 1.78 bits per heavy atom. The van der Waals surface area contributed by atoms with E-state index in [-0.39, 0.29) is 6.79 Å². The van der Waals surface area contributed by atoms with Gasteiger partial charge in [-0.1, -0.05) is 60.7 Å². The number of rotatable bonds is 5. The molecule has 2 heteroatoms. The lowest BCUT2D eigenvalue weighted by Crippen LogP contribution is -1.99. The predicted molar refractivity (Wildman–Crippen MR) is 74.3 cm³/mol. The molecule has 2 nitrogen and oxygen atoms in total. The van der Waals surface area contributed by atoms with Gasteiger partial charge in [-0.3, -0.25) is 0 Å². The van der Waals surface area contributed by atoms with Gasteiger partial charge in [-0.25, -0.2) is 0 Å². The van der Waals surface area contributed by atoms with E-state index in [1.54, 1.807) is 7.11 Å². The molecule has 92 valence electrons. The first-order chi connectivity index (χ1) is 9.31. The van der Waals surface area contributed by atoms with Crippen molar-refractivity contribution >= 4 is 12.1 Å². The van der Waals surface area contributed by atoms with Gasteiger partial charge in [0, 0.05) is 12.7 Å². The quantitative estimate of drug-likeness (QED) is 0.585. The van der Waals surface area contributed by atoms with E-state index in [4.69, 9.17) is 10.8 Å². The highest BCUT2D eigenvalue weighted by atomic mass is 16.7. The second kappa shape index (κ2) is 6.62. The molecule has 0 fully saturated rings. The number of ether oxygens (including phenoxy) is 2. The Morgan fingerprint density at radius 3 is 2.56 bits per heavy atom. The third-order valence-corrected chi connectivity index (χ3v) is 2.41. The average Bonchev–Trinajstić information content (AvgIpc) is 2.46. The number of para-hydroxylation sites is 1. The van der Waals surface area contributed by atoms with Gasteiger partial charge >= 0.3 is 0 Å². The monoisotopic (exact) mass is 241 g/mol. The van der Waals surface area contributed by atoms with E-state index >= 15 is 0 Å². The molecule has 0 radical (unpaired) electrons. The van der Waals surface area contributed by atoms with Crippen LogP contribution in [0.4, 0.5) is 0 Å². The summed E-state index contributed by atoms with van der Waals surface area (Å²) in [6, 6.07) is 17.7. The first-order valence-corrected chi connectivity index (χ1v) is 5.76. The highest BCUT2D eigenvalue weighted by Gasteiger charge is 1.98. The summed E-state index contributed by atoms with van der Waals surface area (Å²) in [5, 5.41) is 0. The van der Waals surface area contributed by atoms with Gasteiger partial charge in [0.25, 0.3) is 0 Å². The molecule has 2 aromatic carbocycles. The van der Waals surface area contributed by atoms with Crippen molar-refractivity contribution in [3.63, 3.8) is 0 Å². The summed E-state index contributed by atoms with van der Waals surface area (Å²) < 4.78 is 18.5. The summed E-state index contributed by atoms with van der Waals surface area (Å²) in [6.07, 6.45) is 1.81. The first kappa shape index (κ1) is 11.1. The summed E-state index contributed by atoms with van der Waals surface area (Å²) >= 11 is 0. The molecular formula is C16H16O2. The summed E-state index contributed by atoms with van der Waals surface area (Å²) in [7, 11) is 1.57. The second-order valence-corrected chi connectivity index (χ2v) is 3.75. The van der Waals surface area contributed by atoms with Crippen molar-refractivity contribution in [2.45, 2.75) is 0 Å². The van der Waals surface area contributed by atoms with Gasteiger partial charge in [0.2, 0.25) is 0 Å². The number of methoxy groups -OCH3 is 1. The van der Waals surface area contributed by atoms with Crippen molar-refractivity contribution in [2.75, 3.05) is 13.9 Å². The zero-order valence-electron chi connectivity index (χ0n) is 11.3. The predicted octanol–water partition coefficient (Wildman–Crippen LogP) is 3.84. The Morgan fingerprint density at radius 1 is 1.06 bits per heavy atom. The maximum Gasteiger partial charge on any atom is 0.188 e. The first-order valence-electron chi connectivity index (χ1n) is 6.26. The van der Waals surface area contributed by atoms with Crippen molar-refractivity contribution in [1.29, 1.82) is 0 Å². The molecule has 0 saturated heterocycles. The number of hydrogen-bond acceptors (Lipinski definition) is 2. The molecule has 0 N–H and O–H groups in total. The minimum Gasteiger partial charge on any atom is -0.467 e. The molecule has 0 aromatic heterocycles. The van der Waals surface area contributed by atoms with Crippen molar-refractivity contribution in [1.82, 2.24) is 0 Å². The van der Waals surface area contributed by atoms with Crippen LogP contribution in [0.15, 0.2) is 54.6 Å². The van der Waals surface area contributed by atoms with Crippen LogP contribution in [-0.4, -0.2) is 13.9 Å². The molecule has 2 rings (SSSR count). The molecule has 0 amide bonds. The molecule has 0 aliphatic carbocycles. The van der Waals surface area contributed by atoms with Gasteiger partial charge in [-0.05, 0) is 11.6 Å². The summed E-state index contributed by atoms with van der Waals surface area (Å²) in [5.74, 6) is 0.654. The Kier molecular flexibility index (Phi) is 4.07. The SMILES string of the molecule is [2H]/C(=C\c1ccccc1)c1ccccc1OCOC. The molecule has 2 aromatic rings. The molecule has 0 aliphatic heterocycles. The zero-order valence-corrected chi connectivity index (χ0v) is 10.3. The van der Waals surface area contributed by atoms with Crippen LogP contribution in [0.3, 0.4) is 0 Å². The Hall–Kier alpha value is -2.06. The topological polar surface area (TPSA) is 18.5 Å². The minimum atomic E-state index is 0.176. The Labute approximate surface area is 109 Å². The van der Waals surface area contributed by atoms with Crippen LogP contribution in [0, 0.1) is 0 Å². The zero-order chi connectivity index (χ0) is 13.5. The Bertz CT molecular complexity index is 550. The van der Waals surface area contributed by atoms with E-state index in [1.165, 1.54) is 0 Å². The van der Waals surface area contributed by atoms with Crippen LogP contribution < -0.4 is 4.74 Å². The van der Waals surface area contributed by atoms with Crippen LogP contribution in [0.1, 0.15) is 12.5 Å². The fraction of sp³-hybridized carbons (Fsp3) is 0.125. The van der Waals surface area contributed by atoms with Crippen molar-refractivity contribution in [3.05, 3.63) is 65.7 Å². The highest BCUT2D eigenvalue weighted by molar-refractivity contribution is 5.72. The molecule has 0 aliphatic rings. The van der Waals surface area contributed by atoms with Crippen LogP contribution in [0.5, 0.6) is 5.75 Å². The standard InChI is InChI=1S/C16H16O2/c1-17-13-18-16-10-6-5-9-15(16)12-11-14-7-3-2-4-8-14/h2-12H,13H2,1H3/b12-11+/i12D. The van der Waals surface area contributed by atoms with E-state index in [0.29, 0.717) is 11.8 Å². The van der Waals surface area contributed by atoms with Gasteiger partial charge in [-0.15, -0.1) is 0 Å². The summed E-state index contributed by atoms with van der Waals surface area (Å²) in [4.78, 5) is 0. The maximum absolute atomic E-state index is 8.17. The highest BCUT2D eigenvalue weighted by Crippen LogP contribution is 2.20. The normalized spacial score (nSPS) is 12.1. The van der Waals surface area contributed by atoms with Gasteiger partial charge in [0.15, 0.2) is 6.79 Å². The van der Waals surface area contributed by atoms with E-state index in [2.05, 4.69) is 0 Å². The fourth-order valence-electron chi connectivity index (χ4n) is 1.54. The summed E-state index contributed by atoms with van der Waals surface area (Å²) in [5.41, 5.74) is 1.75. The second-order valence-electron chi connectivity index (χ2n) is 3.75. The van der Waals surface area contributed by atoms with Crippen molar-refractivity contribution in [3.8, 4) is 5.75 Å². The van der Waals surface area contributed by atoms with Crippen LogP contribution in [-0.2, 0) is 4.74 Å². The van der Waals surface area contributed by atoms with Crippen molar-refractivity contribution < 1.29 is 10.8 Å². The smallest absolute Gasteiger partial charge is 0.188 e. The van der Waals surface area contributed by atoms with Gasteiger partial charge in [-0.2, -0.15) is 0 Å². The maximum atomic E-state index is 8.17. The van der Waals surface area contributed by atoms with E-state index < -0.39 is 0 Å². The third-order valence-electron chi connectivity index (χ3n) is 2.41. The van der Waals surface area contributed by atoms with Crippen LogP contribution in [0.2, 0.25) is 0 Å². The largest absolute Gasteiger partial charge is 0.467 e. The van der Waals surface area contributed by atoms with Crippen LogP contribution in [0.25, 0.3) is 12.1 Å². The molecule has 0 bridgehead atoms.